The SMILES string of the molecule is Cn1c(=O)c(C(N)=O)c(N2CCC[C@H](c3ccccc3)CC2)c2ccc(Br)cc21. The minimum atomic E-state index is -0.672. The summed E-state index contributed by atoms with van der Waals surface area (Å²) in [5.74, 6) is -0.195. The van der Waals surface area contributed by atoms with Gasteiger partial charge in [-0.05, 0) is 48.9 Å². The van der Waals surface area contributed by atoms with Crippen LogP contribution in [0.2, 0.25) is 0 Å². The number of benzene rings is 2. The quantitative estimate of drug-likeness (QED) is 0.646. The number of aryl methyl sites for hydroxylation is 1. The van der Waals surface area contributed by atoms with Crippen LogP contribution in [0.15, 0.2) is 57.8 Å². The van der Waals surface area contributed by atoms with Gasteiger partial charge in [0, 0.05) is 30.0 Å². The van der Waals surface area contributed by atoms with Gasteiger partial charge in [-0.3, -0.25) is 9.59 Å². The van der Waals surface area contributed by atoms with E-state index < -0.39 is 5.91 Å². The molecule has 0 aliphatic carbocycles. The van der Waals surface area contributed by atoms with E-state index in [1.54, 1.807) is 7.05 Å². The molecular weight excluding hydrogens is 430 g/mol. The van der Waals surface area contributed by atoms with Crippen LogP contribution in [0.3, 0.4) is 0 Å². The highest BCUT2D eigenvalue weighted by molar-refractivity contribution is 9.10. The van der Waals surface area contributed by atoms with E-state index in [9.17, 15) is 9.59 Å². The highest BCUT2D eigenvalue weighted by Crippen LogP contribution is 2.35. The molecule has 2 aromatic carbocycles. The van der Waals surface area contributed by atoms with Crippen molar-refractivity contribution in [1.29, 1.82) is 0 Å². The maximum absolute atomic E-state index is 13.0. The Balaban J connectivity index is 1.81. The number of nitrogens with zero attached hydrogens (tertiary/aromatic N) is 2. The number of hydrogen-bond donors (Lipinski definition) is 1. The minimum absolute atomic E-state index is 0.0838. The highest BCUT2D eigenvalue weighted by Gasteiger charge is 2.26. The second-order valence-electron chi connectivity index (χ2n) is 7.64. The second kappa shape index (κ2) is 8.03. The first-order valence-corrected chi connectivity index (χ1v) is 10.7. The predicted octanol–water partition coefficient (Wildman–Crippen LogP) is 4.17. The zero-order valence-electron chi connectivity index (χ0n) is 16.4. The van der Waals surface area contributed by atoms with E-state index in [1.165, 1.54) is 10.1 Å². The van der Waals surface area contributed by atoms with Gasteiger partial charge in [0.05, 0.1) is 11.2 Å². The van der Waals surface area contributed by atoms with Crippen molar-refractivity contribution in [2.45, 2.75) is 25.2 Å². The molecule has 150 valence electrons. The van der Waals surface area contributed by atoms with E-state index in [1.807, 2.05) is 24.3 Å². The van der Waals surface area contributed by atoms with Crippen LogP contribution < -0.4 is 16.2 Å². The van der Waals surface area contributed by atoms with E-state index in [2.05, 4.69) is 45.1 Å². The molecule has 0 spiro atoms. The molecule has 6 heteroatoms. The molecule has 1 fully saturated rings. The number of amides is 1. The Morgan fingerprint density at radius 2 is 1.86 bits per heavy atom. The number of aromatic nitrogens is 1. The molecule has 29 heavy (non-hydrogen) atoms. The van der Waals surface area contributed by atoms with Crippen LogP contribution in [0.5, 0.6) is 0 Å². The summed E-state index contributed by atoms with van der Waals surface area (Å²) in [6.45, 7) is 1.57. The van der Waals surface area contributed by atoms with Crippen LogP contribution in [0, 0.1) is 0 Å². The summed E-state index contributed by atoms with van der Waals surface area (Å²) in [5, 5.41) is 0.877. The summed E-state index contributed by atoms with van der Waals surface area (Å²) in [6.07, 6.45) is 3.04. The molecule has 1 amide bonds. The number of carbonyl (C=O) groups is 1. The zero-order chi connectivity index (χ0) is 20.5. The van der Waals surface area contributed by atoms with Crippen molar-refractivity contribution in [3.63, 3.8) is 0 Å². The van der Waals surface area contributed by atoms with Crippen LogP contribution in [-0.2, 0) is 7.05 Å². The van der Waals surface area contributed by atoms with Crippen molar-refractivity contribution >= 4 is 38.4 Å². The van der Waals surface area contributed by atoms with Gasteiger partial charge in [-0.15, -0.1) is 0 Å². The van der Waals surface area contributed by atoms with E-state index >= 15 is 0 Å². The van der Waals surface area contributed by atoms with Gasteiger partial charge in [-0.2, -0.15) is 0 Å². The van der Waals surface area contributed by atoms with Crippen LogP contribution >= 0.6 is 15.9 Å². The van der Waals surface area contributed by atoms with Gasteiger partial charge in [-0.25, -0.2) is 0 Å². The average molecular weight is 454 g/mol. The fraction of sp³-hybridized carbons (Fsp3) is 0.304. The molecular formula is C23H24BrN3O2. The Morgan fingerprint density at radius 1 is 1.10 bits per heavy atom. The maximum Gasteiger partial charge on any atom is 0.265 e. The molecule has 0 unspecified atom stereocenters. The number of rotatable bonds is 3. The lowest BCUT2D eigenvalue weighted by molar-refractivity contribution is 0.0999. The third-order valence-corrected chi connectivity index (χ3v) is 6.39. The molecule has 2 N–H and O–H groups in total. The largest absolute Gasteiger partial charge is 0.370 e. The lowest BCUT2D eigenvalue weighted by Crippen LogP contribution is -2.35. The molecule has 5 nitrogen and oxygen atoms in total. The van der Waals surface area contributed by atoms with E-state index in [-0.39, 0.29) is 11.1 Å². The van der Waals surface area contributed by atoms with Gasteiger partial charge in [0.2, 0.25) is 0 Å². The fourth-order valence-corrected chi connectivity index (χ4v) is 4.77. The summed E-state index contributed by atoms with van der Waals surface area (Å²) in [6, 6.07) is 16.4. The number of nitrogens with two attached hydrogens (primary N) is 1. The number of carbonyl (C=O) groups excluding carboxylic acids is 1. The number of anilines is 1. The first-order chi connectivity index (χ1) is 14.0. The third-order valence-electron chi connectivity index (χ3n) is 5.89. The van der Waals surface area contributed by atoms with Crippen molar-refractivity contribution in [1.82, 2.24) is 4.57 Å². The van der Waals surface area contributed by atoms with E-state index in [0.29, 0.717) is 11.6 Å². The summed E-state index contributed by atoms with van der Waals surface area (Å²) in [7, 11) is 1.68. The molecule has 0 saturated carbocycles. The molecule has 1 aromatic heterocycles. The molecule has 1 aliphatic rings. The highest BCUT2D eigenvalue weighted by atomic mass is 79.9. The van der Waals surface area contributed by atoms with Crippen LogP contribution in [-0.4, -0.2) is 23.6 Å². The Morgan fingerprint density at radius 3 is 2.59 bits per heavy atom. The first kappa shape index (κ1) is 19.7. The molecule has 0 radical (unpaired) electrons. The second-order valence-corrected chi connectivity index (χ2v) is 8.55. The van der Waals surface area contributed by atoms with Gasteiger partial charge >= 0.3 is 0 Å². The Labute approximate surface area is 178 Å². The number of fused-ring (bicyclic) bond motifs is 1. The molecule has 2 heterocycles. The van der Waals surface area contributed by atoms with Gasteiger partial charge < -0.3 is 15.2 Å². The molecule has 4 rings (SSSR count). The van der Waals surface area contributed by atoms with Crippen molar-refractivity contribution in [3.8, 4) is 0 Å². The summed E-state index contributed by atoms with van der Waals surface area (Å²) >= 11 is 3.48. The van der Waals surface area contributed by atoms with E-state index in [4.69, 9.17) is 5.73 Å². The van der Waals surface area contributed by atoms with Gasteiger partial charge in [0.15, 0.2) is 0 Å². The average Bonchev–Trinajstić information content (AvgIpc) is 2.97. The number of hydrogen-bond acceptors (Lipinski definition) is 3. The lowest BCUT2D eigenvalue weighted by Gasteiger charge is -2.27. The van der Waals surface area contributed by atoms with Crippen LogP contribution in [0.4, 0.5) is 5.69 Å². The van der Waals surface area contributed by atoms with Crippen molar-refractivity contribution in [3.05, 3.63) is 74.5 Å². The minimum Gasteiger partial charge on any atom is -0.370 e. The van der Waals surface area contributed by atoms with Crippen LogP contribution in [0.1, 0.15) is 41.1 Å². The number of primary amides is 1. The van der Waals surface area contributed by atoms with Crippen LogP contribution in [0.25, 0.3) is 10.9 Å². The smallest absolute Gasteiger partial charge is 0.265 e. The summed E-state index contributed by atoms with van der Waals surface area (Å²) in [5.41, 5.74) is 8.23. The number of halogens is 1. The fourth-order valence-electron chi connectivity index (χ4n) is 4.42. The number of pyridine rings is 1. The predicted molar refractivity (Wildman–Crippen MR) is 121 cm³/mol. The topological polar surface area (TPSA) is 68.3 Å². The maximum atomic E-state index is 13.0. The van der Waals surface area contributed by atoms with Crippen molar-refractivity contribution < 1.29 is 4.79 Å². The standard InChI is InChI=1S/C23H24BrN3O2/c1-26-19-14-17(24)9-10-18(19)21(20(22(25)28)23(26)29)27-12-5-8-16(11-13-27)15-6-3-2-4-7-15/h2-4,6-7,9-10,14,16H,5,8,11-13H2,1H3,(H2,25,28)/t16-/m0/s1. The third kappa shape index (κ3) is 3.69. The zero-order valence-corrected chi connectivity index (χ0v) is 18.0. The van der Waals surface area contributed by atoms with Crippen molar-refractivity contribution in [2.24, 2.45) is 12.8 Å². The Hall–Kier alpha value is -2.60. The molecule has 0 bridgehead atoms. The summed E-state index contributed by atoms with van der Waals surface area (Å²) < 4.78 is 2.40. The lowest BCUT2D eigenvalue weighted by atomic mass is 9.92. The molecule has 1 saturated heterocycles. The van der Waals surface area contributed by atoms with Gasteiger partial charge in [0.25, 0.3) is 11.5 Å². The monoisotopic (exact) mass is 453 g/mol. The summed E-state index contributed by atoms with van der Waals surface area (Å²) in [4.78, 5) is 27.5. The molecule has 1 aliphatic heterocycles. The van der Waals surface area contributed by atoms with Crippen molar-refractivity contribution in [2.75, 3.05) is 18.0 Å². The Bertz CT molecular complexity index is 1120. The van der Waals surface area contributed by atoms with E-state index in [0.717, 1.165) is 47.7 Å². The van der Waals surface area contributed by atoms with Gasteiger partial charge in [-0.1, -0.05) is 46.3 Å². The molecule has 3 aromatic rings. The normalized spacial score (nSPS) is 17.3. The molecule has 1 atom stereocenters. The van der Waals surface area contributed by atoms with Gasteiger partial charge in [0.1, 0.15) is 5.56 Å². The Kier molecular flexibility index (Phi) is 5.46. The first-order valence-electron chi connectivity index (χ1n) is 9.89.